The maximum absolute atomic E-state index is 12.8. The Morgan fingerprint density at radius 3 is 2.77 bits per heavy atom. The van der Waals surface area contributed by atoms with E-state index >= 15 is 0 Å². The summed E-state index contributed by atoms with van der Waals surface area (Å²) in [6.07, 6.45) is 4.92. The molecule has 2 fully saturated rings. The van der Waals surface area contributed by atoms with Gasteiger partial charge in [0.05, 0.1) is 4.90 Å². The molecule has 0 radical (unpaired) electrons. The van der Waals surface area contributed by atoms with Gasteiger partial charge in [0.2, 0.25) is 15.9 Å². The molecule has 136 valence electrons. The van der Waals surface area contributed by atoms with Crippen molar-refractivity contribution in [2.24, 2.45) is 11.3 Å². The van der Waals surface area contributed by atoms with Gasteiger partial charge < -0.3 is 5.32 Å². The highest BCUT2D eigenvalue weighted by Crippen LogP contribution is 2.59. The zero-order valence-corrected chi connectivity index (χ0v) is 15.2. The molecule has 26 heavy (non-hydrogen) atoms. The lowest BCUT2D eigenvalue weighted by Crippen LogP contribution is -2.31. The number of nitrogens with zero attached hydrogens (tertiary/aromatic N) is 2. The molecule has 2 aliphatic rings. The van der Waals surface area contributed by atoms with Crippen LogP contribution in [0, 0.1) is 11.3 Å². The third-order valence-corrected chi connectivity index (χ3v) is 7.29. The predicted octanol–water partition coefficient (Wildman–Crippen LogP) is 1.80. The van der Waals surface area contributed by atoms with Crippen molar-refractivity contribution in [3.05, 3.63) is 60.4 Å². The van der Waals surface area contributed by atoms with Gasteiger partial charge >= 0.3 is 0 Å². The van der Waals surface area contributed by atoms with E-state index in [1.165, 1.54) is 4.31 Å². The fraction of sp³-hybridized carbons (Fsp3) is 0.368. The van der Waals surface area contributed by atoms with Gasteiger partial charge in [0, 0.05) is 37.9 Å². The normalized spacial score (nSPS) is 25.3. The molecule has 1 aromatic heterocycles. The molecular formula is C19H21N3O3S. The fourth-order valence-corrected chi connectivity index (χ4v) is 5.35. The molecule has 1 saturated carbocycles. The van der Waals surface area contributed by atoms with E-state index in [0.29, 0.717) is 24.5 Å². The van der Waals surface area contributed by atoms with Crippen molar-refractivity contribution in [1.29, 1.82) is 0 Å². The van der Waals surface area contributed by atoms with Gasteiger partial charge in [-0.2, -0.15) is 4.31 Å². The first kappa shape index (κ1) is 17.2. The van der Waals surface area contributed by atoms with E-state index in [4.69, 9.17) is 0 Å². The lowest BCUT2D eigenvalue weighted by molar-refractivity contribution is -0.123. The summed E-state index contributed by atoms with van der Waals surface area (Å²) >= 11 is 0. The molecule has 1 spiro atoms. The first-order valence-corrected chi connectivity index (χ1v) is 10.2. The highest BCUT2D eigenvalue weighted by molar-refractivity contribution is 7.89. The molecule has 1 N–H and O–H groups in total. The number of pyridine rings is 1. The largest absolute Gasteiger partial charge is 0.352 e. The van der Waals surface area contributed by atoms with Gasteiger partial charge in [0.15, 0.2) is 0 Å². The van der Waals surface area contributed by atoms with Gasteiger partial charge in [0.1, 0.15) is 0 Å². The minimum absolute atomic E-state index is 0.00723. The number of carbonyl (C=O) groups excluding carboxylic acids is 1. The molecule has 4 rings (SSSR count). The highest BCUT2D eigenvalue weighted by atomic mass is 32.2. The van der Waals surface area contributed by atoms with Crippen molar-refractivity contribution < 1.29 is 13.2 Å². The Labute approximate surface area is 153 Å². The second kappa shape index (κ2) is 6.48. The molecule has 1 aliphatic carbocycles. The molecule has 1 aromatic carbocycles. The molecule has 2 heterocycles. The number of carbonyl (C=O) groups is 1. The van der Waals surface area contributed by atoms with Crippen molar-refractivity contribution in [3.8, 4) is 0 Å². The molecule has 7 heteroatoms. The number of sulfonamides is 1. The van der Waals surface area contributed by atoms with E-state index in [-0.39, 0.29) is 17.2 Å². The van der Waals surface area contributed by atoms with Crippen LogP contribution in [0.25, 0.3) is 0 Å². The topological polar surface area (TPSA) is 79.4 Å². The van der Waals surface area contributed by atoms with Crippen LogP contribution in [0.5, 0.6) is 0 Å². The van der Waals surface area contributed by atoms with Crippen LogP contribution in [0.2, 0.25) is 0 Å². The molecule has 1 aliphatic heterocycles. The third-order valence-electron chi connectivity index (χ3n) is 5.43. The molecular weight excluding hydrogens is 350 g/mol. The van der Waals surface area contributed by atoms with E-state index in [1.807, 2.05) is 12.1 Å². The van der Waals surface area contributed by atoms with Crippen LogP contribution < -0.4 is 5.32 Å². The molecule has 1 amide bonds. The fourth-order valence-electron chi connectivity index (χ4n) is 3.79. The number of amides is 1. The van der Waals surface area contributed by atoms with Gasteiger partial charge in [-0.1, -0.05) is 24.3 Å². The zero-order valence-electron chi connectivity index (χ0n) is 14.3. The van der Waals surface area contributed by atoms with Gasteiger partial charge in [0.25, 0.3) is 0 Å². The van der Waals surface area contributed by atoms with E-state index in [1.54, 1.807) is 42.7 Å². The Morgan fingerprint density at radius 2 is 2.04 bits per heavy atom. The van der Waals surface area contributed by atoms with Crippen LogP contribution in [0.3, 0.4) is 0 Å². The maximum Gasteiger partial charge on any atom is 0.243 e. The lowest BCUT2D eigenvalue weighted by Gasteiger charge is -2.16. The molecule has 6 nitrogen and oxygen atoms in total. The van der Waals surface area contributed by atoms with Crippen molar-refractivity contribution in [1.82, 2.24) is 14.6 Å². The predicted molar refractivity (Wildman–Crippen MR) is 96.4 cm³/mol. The number of hydrogen-bond donors (Lipinski definition) is 1. The van der Waals surface area contributed by atoms with Crippen molar-refractivity contribution in [3.63, 3.8) is 0 Å². The number of rotatable bonds is 5. The quantitative estimate of drug-likeness (QED) is 0.869. The second-order valence-corrected chi connectivity index (χ2v) is 9.04. The number of nitrogens with one attached hydrogen (secondary N) is 1. The first-order chi connectivity index (χ1) is 12.5. The number of hydrogen-bond acceptors (Lipinski definition) is 4. The molecule has 0 unspecified atom stereocenters. The average Bonchev–Trinajstić information content (AvgIpc) is 3.20. The summed E-state index contributed by atoms with van der Waals surface area (Å²) in [4.78, 5) is 16.8. The monoisotopic (exact) mass is 371 g/mol. The average molecular weight is 371 g/mol. The number of aromatic nitrogens is 1. The number of benzene rings is 1. The van der Waals surface area contributed by atoms with Crippen LogP contribution >= 0.6 is 0 Å². The Morgan fingerprint density at radius 1 is 1.23 bits per heavy atom. The Kier molecular flexibility index (Phi) is 4.28. The van der Waals surface area contributed by atoms with Crippen molar-refractivity contribution in [2.45, 2.75) is 24.3 Å². The van der Waals surface area contributed by atoms with Crippen molar-refractivity contribution in [2.75, 3.05) is 13.1 Å². The second-order valence-electron chi connectivity index (χ2n) is 7.10. The highest BCUT2D eigenvalue weighted by Gasteiger charge is 2.62. The summed E-state index contributed by atoms with van der Waals surface area (Å²) in [5.74, 6) is -0.0945. The van der Waals surface area contributed by atoms with Crippen LogP contribution in [-0.2, 0) is 21.4 Å². The van der Waals surface area contributed by atoms with Gasteiger partial charge in [-0.25, -0.2) is 8.42 Å². The van der Waals surface area contributed by atoms with Crippen molar-refractivity contribution >= 4 is 15.9 Å². The summed E-state index contributed by atoms with van der Waals surface area (Å²) in [6.45, 7) is 1.35. The summed E-state index contributed by atoms with van der Waals surface area (Å²) in [6, 6.07) is 12.2. The van der Waals surface area contributed by atoms with E-state index in [2.05, 4.69) is 10.3 Å². The maximum atomic E-state index is 12.8. The summed E-state index contributed by atoms with van der Waals surface area (Å²) in [5, 5.41) is 2.95. The summed E-state index contributed by atoms with van der Waals surface area (Å²) in [5.41, 5.74) is 0.760. The lowest BCUT2D eigenvalue weighted by atomic mass is 10.0. The van der Waals surface area contributed by atoms with Crippen LogP contribution in [-0.4, -0.2) is 36.7 Å². The Balaban J connectivity index is 1.38. The summed E-state index contributed by atoms with van der Waals surface area (Å²) < 4.78 is 27.0. The Hall–Kier alpha value is -2.25. The minimum atomic E-state index is -3.48. The van der Waals surface area contributed by atoms with Crippen LogP contribution in [0.4, 0.5) is 0 Å². The minimum Gasteiger partial charge on any atom is -0.352 e. The molecule has 1 saturated heterocycles. The zero-order chi connectivity index (χ0) is 18.2. The molecule has 2 atom stereocenters. The summed E-state index contributed by atoms with van der Waals surface area (Å²) in [7, 11) is -3.48. The Bertz CT molecular complexity index is 902. The van der Waals surface area contributed by atoms with Crippen LogP contribution in [0.1, 0.15) is 18.4 Å². The van der Waals surface area contributed by atoms with Crippen LogP contribution in [0.15, 0.2) is 59.8 Å². The molecule has 2 aromatic rings. The standard InChI is InChI=1S/C19H21N3O3S/c23-18(21-13-15-5-4-9-20-12-15)17-11-19(17)8-10-22(14-19)26(24,25)16-6-2-1-3-7-16/h1-7,9,12,17H,8,10-11,13-14H2,(H,21,23)/t17-,19+/m0/s1. The third kappa shape index (κ3) is 3.12. The van der Waals surface area contributed by atoms with Gasteiger partial charge in [-0.15, -0.1) is 0 Å². The van der Waals surface area contributed by atoms with Gasteiger partial charge in [-0.05, 0) is 42.0 Å². The van der Waals surface area contributed by atoms with Gasteiger partial charge in [-0.3, -0.25) is 9.78 Å². The molecule has 0 bridgehead atoms. The smallest absolute Gasteiger partial charge is 0.243 e. The van der Waals surface area contributed by atoms with E-state index in [0.717, 1.165) is 18.4 Å². The first-order valence-electron chi connectivity index (χ1n) is 8.73. The van der Waals surface area contributed by atoms with E-state index < -0.39 is 10.0 Å². The van der Waals surface area contributed by atoms with E-state index in [9.17, 15) is 13.2 Å². The SMILES string of the molecule is O=C(NCc1cccnc1)[C@@H]1C[C@@]12CCN(S(=O)(=O)c1ccccc1)C2.